The highest BCUT2D eigenvalue weighted by atomic mass is 35.5. The fourth-order valence-electron chi connectivity index (χ4n) is 2.74. The number of benzene rings is 1. The molecule has 0 bridgehead atoms. The average molecular weight is 263 g/mol. The predicted molar refractivity (Wildman–Crippen MR) is 75.8 cm³/mol. The molecule has 1 N–H and O–H groups in total. The van der Waals surface area contributed by atoms with Gasteiger partial charge in [-0.1, -0.05) is 31.9 Å². The first-order valence-electron chi connectivity index (χ1n) is 6.46. The van der Waals surface area contributed by atoms with Gasteiger partial charge in [-0.05, 0) is 42.9 Å². The van der Waals surface area contributed by atoms with E-state index in [2.05, 4.69) is 25.2 Å². The molecule has 0 aromatic heterocycles. The third kappa shape index (κ3) is 3.17. The zero-order valence-corrected chi connectivity index (χ0v) is 11.7. The zero-order chi connectivity index (χ0) is 13.2. The summed E-state index contributed by atoms with van der Waals surface area (Å²) in [5.74, 6) is 0. The Bertz CT molecular complexity index is 474. The monoisotopic (exact) mass is 262 g/mol. The van der Waals surface area contributed by atoms with Crippen LogP contribution in [0.2, 0.25) is 5.02 Å². The van der Waals surface area contributed by atoms with Crippen molar-refractivity contribution in [2.45, 2.75) is 45.6 Å². The lowest BCUT2D eigenvalue weighted by Crippen LogP contribution is -2.31. The topological polar surface area (TPSA) is 35.8 Å². The fourth-order valence-corrected chi connectivity index (χ4v) is 2.98. The molecule has 96 valence electrons. The smallest absolute Gasteiger partial charge is 0.0992 e. The third-order valence-corrected chi connectivity index (χ3v) is 3.98. The second kappa shape index (κ2) is 5.20. The van der Waals surface area contributed by atoms with Crippen LogP contribution in [0.5, 0.6) is 0 Å². The Labute approximate surface area is 114 Å². The van der Waals surface area contributed by atoms with Crippen LogP contribution in [0.3, 0.4) is 0 Å². The maximum absolute atomic E-state index is 8.81. The molecule has 3 heteroatoms. The minimum Gasteiger partial charge on any atom is -0.381 e. The van der Waals surface area contributed by atoms with Crippen molar-refractivity contribution in [1.82, 2.24) is 0 Å². The van der Waals surface area contributed by atoms with E-state index in [0.29, 0.717) is 22.0 Å². The van der Waals surface area contributed by atoms with Crippen molar-refractivity contribution in [2.24, 2.45) is 5.41 Å². The van der Waals surface area contributed by atoms with E-state index in [9.17, 15) is 0 Å². The van der Waals surface area contributed by atoms with Crippen LogP contribution in [0, 0.1) is 16.7 Å². The molecular formula is C15H19ClN2. The Morgan fingerprint density at radius 1 is 1.44 bits per heavy atom. The molecule has 1 atom stereocenters. The first kappa shape index (κ1) is 13.2. The highest BCUT2D eigenvalue weighted by Crippen LogP contribution is 2.37. The van der Waals surface area contributed by atoms with Gasteiger partial charge in [-0.2, -0.15) is 5.26 Å². The van der Waals surface area contributed by atoms with E-state index in [-0.39, 0.29) is 0 Å². The molecule has 2 nitrogen and oxygen atoms in total. The average Bonchev–Trinajstić information content (AvgIpc) is 2.30. The van der Waals surface area contributed by atoms with Crippen molar-refractivity contribution in [2.75, 3.05) is 5.32 Å². The zero-order valence-electron chi connectivity index (χ0n) is 11.0. The van der Waals surface area contributed by atoms with Gasteiger partial charge in [-0.3, -0.25) is 0 Å². The van der Waals surface area contributed by atoms with E-state index in [0.717, 1.165) is 5.69 Å². The highest BCUT2D eigenvalue weighted by Gasteiger charge is 2.28. The van der Waals surface area contributed by atoms with Gasteiger partial charge in [-0.25, -0.2) is 0 Å². The molecule has 0 saturated heterocycles. The van der Waals surface area contributed by atoms with Gasteiger partial charge >= 0.3 is 0 Å². The molecular weight excluding hydrogens is 244 g/mol. The van der Waals surface area contributed by atoms with Crippen molar-refractivity contribution in [1.29, 1.82) is 5.26 Å². The summed E-state index contributed by atoms with van der Waals surface area (Å²) in [5, 5.41) is 13.0. The van der Waals surface area contributed by atoms with Gasteiger partial charge in [0.05, 0.1) is 22.3 Å². The SMILES string of the molecule is CC1(C)CCCC(Nc2ccc(C#N)cc2Cl)C1. The summed E-state index contributed by atoms with van der Waals surface area (Å²) in [6.07, 6.45) is 4.92. The first-order chi connectivity index (χ1) is 8.50. The molecule has 0 spiro atoms. The Kier molecular flexibility index (Phi) is 3.82. The lowest BCUT2D eigenvalue weighted by molar-refractivity contribution is 0.229. The van der Waals surface area contributed by atoms with Crippen LogP contribution in [0.15, 0.2) is 18.2 Å². The molecule has 1 fully saturated rings. The van der Waals surface area contributed by atoms with Gasteiger partial charge in [0, 0.05) is 6.04 Å². The van der Waals surface area contributed by atoms with Crippen LogP contribution < -0.4 is 5.32 Å². The number of hydrogen-bond acceptors (Lipinski definition) is 2. The number of nitrogens with one attached hydrogen (secondary N) is 1. The van der Waals surface area contributed by atoms with Crippen molar-refractivity contribution in [3.8, 4) is 6.07 Å². The molecule has 0 aliphatic heterocycles. The van der Waals surface area contributed by atoms with Crippen molar-refractivity contribution >= 4 is 17.3 Å². The normalized spacial score (nSPS) is 22.2. The summed E-state index contributed by atoms with van der Waals surface area (Å²) in [4.78, 5) is 0. The first-order valence-corrected chi connectivity index (χ1v) is 6.84. The van der Waals surface area contributed by atoms with E-state index in [1.54, 1.807) is 6.07 Å². The lowest BCUT2D eigenvalue weighted by atomic mass is 9.75. The van der Waals surface area contributed by atoms with Crippen LogP contribution in [-0.4, -0.2) is 6.04 Å². The van der Waals surface area contributed by atoms with Gasteiger partial charge in [0.1, 0.15) is 0 Å². The summed E-state index contributed by atoms with van der Waals surface area (Å²) in [6, 6.07) is 8.02. The highest BCUT2D eigenvalue weighted by molar-refractivity contribution is 6.33. The second-order valence-corrected chi connectivity index (χ2v) is 6.32. The molecule has 2 rings (SSSR count). The Morgan fingerprint density at radius 2 is 2.22 bits per heavy atom. The number of rotatable bonds is 2. The summed E-state index contributed by atoms with van der Waals surface area (Å²) in [7, 11) is 0. The van der Waals surface area contributed by atoms with Crippen LogP contribution in [-0.2, 0) is 0 Å². The number of hydrogen-bond donors (Lipinski definition) is 1. The molecule has 1 unspecified atom stereocenters. The predicted octanol–water partition coefficient (Wildman–Crippen LogP) is 4.59. The lowest BCUT2D eigenvalue weighted by Gasteiger charge is -2.36. The van der Waals surface area contributed by atoms with E-state index in [1.807, 2.05) is 12.1 Å². The van der Waals surface area contributed by atoms with E-state index < -0.39 is 0 Å². The van der Waals surface area contributed by atoms with Gasteiger partial charge in [0.15, 0.2) is 0 Å². The van der Waals surface area contributed by atoms with E-state index in [4.69, 9.17) is 16.9 Å². The van der Waals surface area contributed by atoms with Gasteiger partial charge in [0.25, 0.3) is 0 Å². The Balaban J connectivity index is 2.08. The van der Waals surface area contributed by atoms with Crippen LogP contribution in [0.1, 0.15) is 45.1 Å². The van der Waals surface area contributed by atoms with Crippen LogP contribution in [0.4, 0.5) is 5.69 Å². The molecule has 1 aromatic carbocycles. The molecule has 1 aliphatic carbocycles. The Morgan fingerprint density at radius 3 is 2.83 bits per heavy atom. The van der Waals surface area contributed by atoms with Crippen molar-refractivity contribution in [3.63, 3.8) is 0 Å². The minimum absolute atomic E-state index is 0.412. The summed E-state index contributed by atoms with van der Waals surface area (Å²) in [5.41, 5.74) is 1.96. The Hall–Kier alpha value is -1.20. The number of nitrogens with zero attached hydrogens (tertiary/aromatic N) is 1. The molecule has 18 heavy (non-hydrogen) atoms. The summed E-state index contributed by atoms with van der Waals surface area (Å²) < 4.78 is 0. The number of halogens is 1. The maximum Gasteiger partial charge on any atom is 0.0992 e. The molecule has 0 heterocycles. The molecule has 1 aliphatic rings. The number of nitriles is 1. The molecule has 1 saturated carbocycles. The third-order valence-electron chi connectivity index (χ3n) is 3.66. The van der Waals surface area contributed by atoms with Crippen molar-refractivity contribution in [3.05, 3.63) is 28.8 Å². The maximum atomic E-state index is 8.81. The molecule has 1 aromatic rings. The van der Waals surface area contributed by atoms with Gasteiger partial charge in [-0.15, -0.1) is 0 Å². The largest absolute Gasteiger partial charge is 0.381 e. The van der Waals surface area contributed by atoms with E-state index in [1.165, 1.54) is 25.7 Å². The van der Waals surface area contributed by atoms with Gasteiger partial charge in [0.2, 0.25) is 0 Å². The standard InChI is InChI=1S/C15H19ClN2/c1-15(2)7-3-4-12(9-15)18-14-6-5-11(10-17)8-13(14)16/h5-6,8,12,18H,3-4,7,9H2,1-2H3. The molecule has 0 amide bonds. The summed E-state index contributed by atoms with van der Waals surface area (Å²) in [6.45, 7) is 4.64. The van der Waals surface area contributed by atoms with Crippen LogP contribution in [0.25, 0.3) is 0 Å². The quantitative estimate of drug-likeness (QED) is 0.846. The minimum atomic E-state index is 0.412. The fraction of sp³-hybridized carbons (Fsp3) is 0.533. The summed E-state index contributed by atoms with van der Waals surface area (Å²) >= 11 is 6.18. The van der Waals surface area contributed by atoms with Crippen molar-refractivity contribution < 1.29 is 0 Å². The second-order valence-electron chi connectivity index (χ2n) is 5.91. The van der Waals surface area contributed by atoms with E-state index >= 15 is 0 Å². The molecule has 0 radical (unpaired) electrons. The van der Waals surface area contributed by atoms with Gasteiger partial charge < -0.3 is 5.32 Å². The van der Waals surface area contributed by atoms with Crippen LogP contribution >= 0.6 is 11.6 Å². The number of anilines is 1.